The highest BCUT2D eigenvalue weighted by Crippen LogP contribution is 2.05. The number of hydrogen-bond donors (Lipinski definition) is 3. The molecule has 1 amide bonds. The number of hydrogen-bond acceptors (Lipinski definition) is 3. The maximum atomic E-state index is 10.6. The van der Waals surface area contributed by atoms with Crippen molar-refractivity contribution in [3.05, 3.63) is 35.9 Å². The summed E-state index contributed by atoms with van der Waals surface area (Å²) in [4.78, 5) is 10.6. The minimum atomic E-state index is -1.26. The van der Waals surface area contributed by atoms with Crippen LogP contribution in [0.1, 0.15) is 12.0 Å². The number of amides is 1. The highest BCUT2D eigenvalue weighted by molar-refractivity contribution is 5.79. The number of aliphatic hydroxyl groups excluding tert-OH is 1. The Labute approximate surface area is 88.9 Å². The van der Waals surface area contributed by atoms with Crippen LogP contribution < -0.4 is 11.5 Å². The predicted molar refractivity (Wildman–Crippen MR) is 57.9 cm³/mol. The van der Waals surface area contributed by atoms with Gasteiger partial charge in [0.15, 0.2) is 0 Å². The topological polar surface area (TPSA) is 89.3 Å². The number of primary amides is 1. The molecule has 4 nitrogen and oxygen atoms in total. The molecule has 0 aliphatic heterocycles. The molecule has 5 N–H and O–H groups in total. The van der Waals surface area contributed by atoms with Crippen LogP contribution in [-0.2, 0) is 11.2 Å². The van der Waals surface area contributed by atoms with E-state index in [9.17, 15) is 9.90 Å². The Morgan fingerprint density at radius 1 is 1.33 bits per heavy atom. The van der Waals surface area contributed by atoms with Crippen molar-refractivity contribution in [1.82, 2.24) is 0 Å². The first-order valence-electron chi connectivity index (χ1n) is 4.88. The molecule has 0 spiro atoms. The molecule has 0 saturated heterocycles. The fourth-order valence-corrected chi connectivity index (χ4v) is 1.35. The minimum absolute atomic E-state index is 0.536. The van der Waals surface area contributed by atoms with Crippen LogP contribution in [0.2, 0.25) is 0 Å². The van der Waals surface area contributed by atoms with Gasteiger partial charge in [-0.2, -0.15) is 0 Å². The molecule has 15 heavy (non-hydrogen) atoms. The summed E-state index contributed by atoms with van der Waals surface area (Å²) in [5.41, 5.74) is 11.7. The molecule has 0 aromatic heterocycles. The molecule has 4 heteroatoms. The molecule has 0 bridgehead atoms. The second-order valence-electron chi connectivity index (χ2n) is 3.54. The third-order valence-electron chi connectivity index (χ3n) is 2.31. The molecule has 0 saturated carbocycles. The van der Waals surface area contributed by atoms with E-state index in [-0.39, 0.29) is 0 Å². The fourth-order valence-electron chi connectivity index (χ4n) is 1.35. The first kappa shape index (κ1) is 11.7. The Hall–Kier alpha value is -1.39. The first-order chi connectivity index (χ1) is 7.11. The van der Waals surface area contributed by atoms with E-state index in [4.69, 9.17) is 11.5 Å². The fraction of sp³-hybridized carbons (Fsp3) is 0.364. The van der Waals surface area contributed by atoms with Crippen LogP contribution in [-0.4, -0.2) is 23.2 Å². The number of aliphatic hydroxyl groups is 1. The average molecular weight is 208 g/mol. The quantitative estimate of drug-likeness (QED) is 0.625. The van der Waals surface area contributed by atoms with Gasteiger partial charge in [0.2, 0.25) is 5.91 Å². The van der Waals surface area contributed by atoms with Gasteiger partial charge in [0, 0.05) is 6.04 Å². The molecule has 0 aliphatic rings. The van der Waals surface area contributed by atoms with Gasteiger partial charge >= 0.3 is 0 Å². The smallest absolute Gasteiger partial charge is 0.247 e. The Balaban J connectivity index is 2.41. The maximum Gasteiger partial charge on any atom is 0.247 e. The van der Waals surface area contributed by atoms with E-state index in [1.54, 1.807) is 0 Å². The third kappa shape index (κ3) is 3.69. The van der Waals surface area contributed by atoms with Crippen molar-refractivity contribution >= 4 is 5.91 Å². The second kappa shape index (κ2) is 5.48. The van der Waals surface area contributed by atoms with Crippen LogP contribution in [0.3, 0.4) is 0 Å². The lowest BCUT2D eigenvalue weighted by Gasteiger charge is -2.15. The van der Waals surface area contributed by atoms with Crippen LogP contribution in [0.4, 0.5) is 0 Å². The summed E-state index contributed by atoms with van der Waals surface area (Å²) in [7, 11) is 0. The highest BCUT2D eigenvalue weighted by Gasteiger charge is 2.19. The monoisotopic (exact) mass is 208 g/mol. The third-order valence-corrected chi connectivity index (χ3v) is 2.31. The van der Waals surface area contributed by atoms with Gasteiger partial charge < -0.3 is 16.6 Å². The van der Waals surface area contributed by atoms with E-state index in [1.165, 1.54) is 0 Å². The van der Waals surface area contributed by atoms with Crippen LogP contribution in [0, 0.1) is 0 Å². The Bertz CT molecular complexity index is 314. The molecule has 0 heterocycles. The number of benzene rings is 1. The summed E-state index contributed by atoms with van der Waals surface area (Å²) >= 11 is 0. The van der Waals surface area contributed by atoms with Crippen molar-refractivity contribution in [2.45, 2.75) is 25.0 Å². The van der Waals surface area contributed by atoms with Gasteiger partial charge in [0.1, 0.15) is 6.10 Å². The lowest BCUT2D eigenvalue weighted by atomic mass is 10.0. The van der Waals surface area contributed by atoms with Crippen LogP contribution in [0.15, 0.2) is 30.3 Å². The minimum Gasteiger partial charge on any atom is -0.382 e. The summed E-state index contributed by atoms with van der Waals surface area (Å²) in [6.07, 6.45) is 0.00853. The van der Waals surface area contributed by atoms with Gasteiger partial charge in [0.25, 0.3) is 0 Å². The summed E-state index contributed by atoms with van der Waals surface area (Å²) in [6, 6.07) is 9.16. The Morgan fingerprint density at radius 2 is 1.93 bits per heavy atom. The Morgan fingerprint density at radius 3 is 2.47 bits per heavy atom. The summed E-state index contributed by atoms with van der Waals surface area (Å²) in [5.74, 6) is -0.768. The van der Waals surface area contributed by atoms with E-state index >= 15 is 0 Å². The van der Waals surface area contributed by atoms with E-state index in [0.29, 0.717) is 6.42 Å². The number of aryl methyl sites for hydroxylation is 1. The van der Waals surface area contributed by atoms with Gasteiger partial charge in [-0.3, -0.25) is 4.79 Å². The van der Waals surface area contributed by atoms with Gasteiger partial charge in [-0.25, -0.2) is 0 Å². The number of nitrogens with two attached hydrogens (primary N) is 2. The van der Waals surface area contributed by atoms with Crippen molar-refractivity contribution in [2.24, 2.45) is 11.5 Å². The SMILES string of the molecule is NC(=O)C(O)C(N)CCc1ccccc1. The van der Waals surface area contributed by atoms with E-state index < -0.39 is 18.1 Å². The summed E-state index contributed by atoms with van der Waals surface area (Å²) < 4.78 is 0. The molecule has 1 aromatic carbocycles. The molecular weight excluding hydrogens is 192 g/mol. The predicted octanol–water partition coefficient (Wildman–Crippen LogP) is -0.207. The van der Waals surface area contributed by atoms with Gasteiger partial charge in [0.05, 0.1) is 0 Å². The van der Waals surface area contributed by atoms with Crippen molar-refractivity contribution in [2.75, 3.05) is 0 Å². The lowest BCUT2D eigenvalue weighted by molar-refractivity contribution is -0.127. The molecule has 1 aromatic rings. The van der Waals surface area contributed by atoms with Crippen LogP contribution >= 0.6 is 0 Å². The zero-order valence-corrected chi connectivity index (χ0v) is 8.47. The van der Waals surface area contributed by atoms with Crippen molar-refractivity contribution in [3.8, 4) is 0 Å². The van der Waals surface area contributed by atoms with Gasteiger partial charge in [-0.15, -0.1) is 0 Å². The zero-order valence-electron chi connectivity index (χ0n) is 8.47. The maximum absolute atomic E-state index is 10.6. The zero-order chi connectivity index (χ0) is 11.3. The molecule has 2 atom stereocenters. The van der Waals surface area contributed by atoms with Crippen molar-refractivity contribution in [1.29, 1.82) is 0 Å². The van der Waals surface area contributed by atoms with Crippen LogP contribution in [0.25, 0.3) is 0 Å². The first-order valence-corrected chi connectivity index (χ1v) is 4.88. The normalized spacial score (nSPS) is 14.5. The van der Waals surface area contributed by atoms with Crippen molar-refractivity contribution in [3.63, 3.8) is 0 Å². The number of carbonyl (C=O) groups excluding carboxylic acids is 1. The lowest BCUT2D eigenvalue weighted by Crippen LogP contribution is -2.44. The number of rotatable bonds is 5. The van der Waals surface area contributed by atoms with Crippen molar-refractivity contribution < 1.29 is 9.90 Å². The largest absolute Gasteiger partial charge is 0.382 e. The Kier molecular flexibility index (Phi) is 4.27. The number of carbonyl (C=O) groups is 1. The second-order valence-corrected chi connectivity index (χ2v) is 3.54. The molecule has 2 unspecified atom stereocenters. The van der Waals surface area contributed by atoms with E-state index in [1.807, 2.05) is 30.3 Å². The summed E-state index contributed by atoms with van der Waals surface area (Å²) in [5, 5.41) is 9.27. The summed E-state index contributed by atoms with van der Waals surface area (Å²) in [6.45, 7) is 0. The van der Waals surface area contributed by atoms with E-state index in [0.717, 1.165) is 12.0 Å². The highest BCUT2D eigenvalue weighted by atomic mass is 16.3. The van der Waals surface area contributed by atoms with Gasteiger partial charge in [-0.1, -0.05) is 30.3 Å². The molecule has 0 radical (unpaired) electrons. The molecular formula is C11H16N2O2. The molecule has 0 aliphatic carbocycles. The average Bonchev–Trinajstić information content (AvgIpc) is 2.26. The van der Waals surface area contributed by atoms with Gasteiger partial charge in [-0.05, 0) is 18.4 Å². The standard InChI is InChI=1S/C11H16N2O2/c12-9(10(14)11(13)15)7-6-8-4-2-1-3-5-8/h1-5,9-10,14H,6-7,12H2,(H2,13,15). The van der Waals surface area contributed by atoms with Crippen LogP contribution in [0.5, 0.6) is 0 Å². The van der Waals surface area contributed by atoms with E-state index in [2.05, 4.69) is 0 Å². The molecule has 82 valence electrons. The molecule has 0 fully saturated rings. The molecule has 1 rings (SSSR count).